The lowest BCUT2D eigenvalue weighted by Crippen LogP contribution is -2.38. The van der Waals surface area contributed by atoms with Crippen molar-refractivity contribution >= 4 is 0 Å². The molecule has 0 saturated carbocycles. The fourth-order valence-electron chi connectivity index (χ4n) is 0.990. The van der Waals surface area contributed by atoms with Crippen LogP contribution in [0.25, 0.3) is 0 Å². The maximum absolute atomic E-state index is 5.99. The lowest BCUT2D eigenvalue weighted by atomic mass is 9.85. The first-order valence-corrected chi connectivity index (χ1v) is 4.93. The first-order chi connectivity index (χ1) is 5.98. The summed E-state index contributed by atoms with van der Waals surface area (Å²) in [7, 11) is 1.71. The van der Waals surface area contributed by atoms with Crippen LogP contribution in [0, 0.1) is 5.41 Å². The molecule has 0 heterocycles. The maximum Gasteiger partial charge on any atom is 0.0587 e. The van der Waals surface area contributed by atoms with Crippen molar-refractivity contribution in [1.29, 1.82) is 0 Å². The Morgan fingerprint density at radius 2 is 1.92 bits per heavy atom. The first kappa shape index (κ1) is 12.9. The largest absolute Gasteiger partial charge is 0.383 e. The molecule has 0 aromatic rings. The predicted octanol–water partition coefficient (Wildman–Crippen LogP) is 0.986. The Hall–Kier alpha value is -0.120. The molecule has 0 amide bonds. The van der Waals surface area contributed by atoms with Crippen molar-refractivity contribution in [2.24, 2.45) is 11.1 Å². The second-order valence-electron chi connectivity index (χ2n) is 4.50. The van der Waals surface area contributed by atoms with Crippen LogP contribution in [0.3, 0.4) is 0 Å². The van der Waals surface area contributed by atoms with E-state index >= 15 is 0 Å². The normalized spacial score (nSPS) is 14.5. The lowest BCUT2D eigenvalue weighted by Gasteiger charge is -2.27. The number of methoxy groups -OCH3 is 1. The van der Waals surface area contributed by atoms with Crippen LogP contribution in [0.15, 0.2) is 0 Å². The maximum atomic E-state index is 5.99. The van der Waals surface area contributed by atoms with Gasteiger partial charge in [-0.2, -0.15) is 0 Å². The highest BCUT2D eigenvalue weighted by Crippen LogP contribution is 2.18. The van der Waals surface area contributed by atoms with E-state index in [-0.39, 0.29) is 11.5 Å². The first-order valence-electron chi connectivity index (χ1n) is 4.93. The molecule has 0 spiro atoms. The second-order valence-corrected chi connectivity index (χ2v) is 4.50. The Balaban J connectivity index is 3.32. The molecule has 3 N–H and O–H groups in total. The number of rotatable bonds is 6. The van der Waals surface area contributed by atoms with Gasteiger partial charge >= 0.3 is 0 Å². The van der Waals surface area contributed by atoms with Gasteiger partial charge in [-0.3, -0.25) is 0 Å². The number of nitrogens with two attached hydrogens (primary N) is 1. The second kappa shape index (κ2) is 6.35. The molecule has 1 atom stereocenters. The molecule has 80 valence electrons. The van der Waals surface area contributed by atoms with E-state index in [4.69, 9.17) is 10.5 Å². The third-order valence-corrected chi connectivity index (χ3v) is 2.23. The highest BCUT2D eigenvalue weighted by atomic mass is 16.5. The van der Waals surface area contributed by atoms with E-state index in [0.29, 0.717) is 0 Å². The van der Waals surface area contributed by atoms with Crippen LogP contribution in [0.2, 0.25) is 0 Å². The average Bonchev–Trinajstić information content (AvgIpc) is 2.02. The minimum atomic E-state index is 0.211. The van der Waals surface area contributed by atoms with Crippen molar-refractivity contribution in [3.05, 3.63) is 0 Å². The third kappa shape index (κ3) is 6.99. The summed E-state index contributed by atoms with van der Waals surface area (Å²) in [6.45, 7) is 9.17. The summed E-state index contributed by atoms with van der Waals surface area (Å²) < 4.78 is 4.92. The van der Waals surface area contributed by atoms with Crippen LogP contribution in [0.4, 0.5) is 0 Å². The van der Waals surface area contributed by atoms with E-state index < -0.39 is 0 Å². The number of ether oxygens (including phenoxy) is 1. The van der Waals surface area contributed by atoms with E-state index in [1.54, 1.807) is 7.11 Å². The van der Waals surface area contributed by atoms with Crippen molar-refractivity contribution in [3.63, 3.8) is 0 Å². The van der Waals surface area contributed by atoms with E-state index in [9.17, 15) is 0 Å². The zero-order valence-electron chi connectivity index (χ0n) is 9.39. The van der Waals surface area contributed by atoms with Crippen LogP contribution in [-0.4, -0.2) is 32.8 Å². The highest BCUT2D eigenvalue weighted by Gasteiger charge is 2.19. The number of nitrogens with one attached hydrogen (secondary N) is 1. The Labute approximate surface area is 82.0 Å². The van der Waals surface area contributed by atoms with Gasteiger partial charge in [-0.05, 0) is 18.4 Å². The summed E-state index contributed by atoms with van der Waals surface area (Å²) in [6.07, 6.45) is 1.02. The van der Waals surface area contributed by atoms with Gasteiger partial charge in [0.05, 0.1) is 6.61 Å². The monoisotopic (exact) mass is 188 g/mol. The third-order valence-electron chi connectivity index (χ3n) is 2.23. The zero-order valence-corrected chi connectivity index (χ0v) is 9.39. The Bertz CT molecular complexity index is 121. The van der Waals surface area contributed by atoms with Gasteiger partial charge in [-0.25, -0.2) is 0 Å². The van der Waals surface area contributed by atoms with Gasteiger partial charge in [0, 0.05) is 19.7 Å². The fraction of sp³-hybridized carbons (Fsp3) is 1.00. The van der Waals surface area contributed by atoms with Crippen molar-refractivity contribution in [1.82, 2.24) is 5.32 Å². The van der Waals surface area contributed by atoms with Crippen LogP contribution >= 0.6 is 0 Å². The van der Waals surface area contributed by atoms with E-state index in [1.807, 2.05) is 0 Å². The van der Waals surface area contributed by atoms with E-state index in [2.05, 4.69) is 26.1 Å². The van der Waals surface area contributed by atoms with Crippen LogP contribution in [0.5, 0.6) is 0 Å². The van der Waals surface area contributed by atoms with E-state index in [0.717, 1.165) is 26.1 Å². The quantitative estimate of drug-likeness (QED) is 0.611. The zero-order chi connectivity index (χ0) is 10.3. The number of hydrogen-bond donors (Lipinski definition) is 2. The molecule has 0 radical (unpaired) electrons. The molecule has 0 rings (SSSR count). The lowest BCUT2D eigenvalue weighted by molar-refractivity contribution is 0.198. The van der Waals surface area contributed by atoms with Gasteiger partial charge in [0.1, 0.15) is 0 Å². The molecule has 0 fully saturated rings. The summed E-state index contributed by atoms with van der Waals surface area (Å²) in [6, 6.07) is 0.266. The molecule has 0 aromatic heterocycles. The summed E-state index contributed by atoms with van der Waals surface area (Å²) >= 11 is 0. The summed E-state index contributed by atoms with van der Waals surface area (Å²) in [5, 5.41) is 3.28. The van der Waals surface area contributed by atoms with Crippen LogP contribution in [0.1, 0.15) is 27.2 Å². The van der Waals surface area contributed by atoms with Crippen molar-refractivity contribution < 1.29 is 4.74 Å². The van der Waals surface area contributed by atoms with Gasteiger partial charge in [0.25, 0.3) is 0 Å². The Morgan fingerprint density at radius 3 is 2.38 bits per heavy atom. The molecule has 1 unspecified atom stereocenters. The molecule has 0 saturated heterocycles. The summed E-state index contributed by atoms with van der Waals surface area (Å²) in [5.41, 5.74) is 6.21. The molecule has 13 heavy (non-hydrogen) atoms. The minimum absolute atomic E-state index is 0.211. The smallest absolute Gasteiger partial charge is 0.0587 e. The molecule has 3 nitrogen and oxygen atoms in total. The van der Waals surface area contributed by atoms with Crippen molar-refractivity contribution in [2.75, 3.05) is 26.8 Å². The predicted molar refractivity (Wildman–Crippen MR) is 56.8 cm³/mol. The highest BCUT2D eigenvalue weighted by molar-refractivity contribution is 4.77. The molecular weight excluding hydrogens is 164 g/mol. The molecule has 0 aliphatic carbocycles. The standard InChI is InChI=1S/C10H24N2O/c1-10(2,3)9(11)5-6-12-7-8-13-4/h9,12H,5-8,11H2,1-4H3. The molecule has 0 aromatic carbocycles. The van der Waals surface area contributed by atoms with Crippen LogP contribution in [-0.2, 0) is 4.74 Å². The van der Waals surface area contributed by atoms with E-state index in [1.165, 1.54) is 0 Å². The summed E-state index contributed by atoms with van der Waals surface area (Å²) in [5.74, 6) is 0. The van der Waals surface area contributed by atoms with Gasteiger partial charge in [-0.15, -0.1) is 0 Å². The molecule has 0 aliphatic heterocycles. The van der Waals surface area contributed by atoms with Gasteiger partial charge in [-0.1, -0.05) is 20.8 Å². The van der Waals surface area contributed by atoms with Crippen LogP contribution < -0.4 is 11.1 Å². The molecule has 0 bridgehead atoms. The Kier molecular flexibility index (Phi) is 6.29. The van der Waals surface area contributed by atoms with Gasteiger partial charge in [0.15, 0.2) is 0 Å². The molecule has 3 heteroatoms. The number of hydrogen-bond acceptors (Lipinski definition) is 3. The minimum Gasteiger partial charge on any atom is -0.383 e. The molecule has 0 aliphatic rings. The van der Waals surface area contributed by atoms with Gasteiger partial charge in [0.2, 0.25) is 0 Å². The fourth-order valence-corrected chi connectivity index (χ4v) is 0.990. The SMILES string of the molecule is COCCNCCC(N)C(C)(C)C. The van der Waals surface area contributed by atoms with Crippen molar-refractivity contribution in [3.8, 4) is 0 Å². The van der Waals surface area contributed by atoms with Gasteiger partial charge < -0.3 is 15.8 Å². The average molecular weight is 188 g/mol. The Morgan fingerprint density at radius 1 is 1.31 bits per heavy atom. The molecular formula is C10H24N2O. The summed E-state index contributed by atoms with van der Waals surface area (Å²) in [4.78, 5) is 0. The van der Waals surface area contributed by atoms with Crippen molar-refractivity contribution in [2.45, 2.75) is 33.2 Å². The topological polar surface area (TPSA) is 47.3 Å².